The van der Waals surface area contributed by atoms with Gasteiger partial charge in [-0.15, -0.1) is 0 Å². The second kappa shape index (κ2) is 16.6. The van der Waals surface area contributed by atoms with Crippen LogP contribution >= 0.6 is 23.2 Å². The molecule has 0 saturated carbocycles. The number of carbonyl (C=O) groups excluding carboxylic acids is 4. The van der Waals surface area contributed by atoms with Crippen LogP contribution in [0.3, 0.4) is 0 Å². The number of aromatic nitrogens is 3. The van der Waals surface area contributed by atoms with E-state index in [2.05, 4.69) is 15.3 Å². The molecule has 15 heteroatoms. The number of nitrogens with one attached hydrogen (secondary N) is 1. The largest absolute Gasteiger partial charge is 0.496 e. The van der Waals surface area contributed by atoms with Crippen molar-refractivity contribution < 1.29 is 33.4 Å². The summed E-state index contributed by atoms with van der Waals surface area (Å²) in [5, 5.41) is 3.18. The van der Waals surface area contributed by atoms with Gasteiger partial charge in [-0.2, -0.15) is 0 Å². The van der Waals surface area contributed by atoms with Gasteiger partial charge in [0.05, 0.1) is 53.4 Å². The third-order valence-electron chi connectivity index (χ3n) is 8.59. The highest BCUT2D eigenvalue weighted by Crippen LogP contribution is 2.40. The van der Waals surface area contributed by atoms with E-state index in [-0.39, 0.29) is 51.2 Å². The number of amides is 3. The summed E-state index contributed by atoms with van der Waals surface area (Å²) >= 11 is 13.8. The number of halogens is 2. The zero-order valence-corrected chi connectivity index (χ0v) is 31.7. The molecule has 0 unspecified atom stereocenters. The van der Waals surface area contributed by atoms with Crippen molar-refractivity contribution >= 4 is 53.1 Å². The first-order valence-electron chi connectivity index (χ1n) is 16.8. The number of likely N-dealkylation sites (tertiary alicyclic amines) is 1. The summed E-state index contributed by atoms with van der Waals surface area (Å²) in [5.74, 6) is -0.0688. The second-order valence-electron chi connectivity index (χ2n) is 13.3. The molecule has 1 aromatic carbocycles. The number of benzene rings is 1. The van der Waals surface area contributed by atoms with Gasteiger partial charge in [-0.3, -0.25) is 24.4 Å². The van der Waals surface area contributed by atoms with Crippen LogP contribution in [-0.2, 0) is 16.1 Å². The highest BCUT2D eigenvalue weighted by Gasteiger charge is 2.33. The summed E-state index contributed by atoms with van der Waals surface area (Å²) in [7, 11) is 2.89. The molecule has 4 heterocycles. The standard InChI is InChI=1S/C38H40Cl2N6O7/c1-22(48)45-16-13-25(14-17-45)46(37(50)53-38(2,3)4)20-23-10-11-28(44-36(23)52-6)26-12-15-41-34(33(26)40)27-8-7-9-29(32(27)39)43-35(49)30-18-31(51-5)24(21-47)19-42-30/h7-12,15,18-19,21,25H,13-14,16-17,20H2,1-6H3,(H,43,49). The molecule has 1 aliphatic rings. The number of aldehydes is 1. The monoisotopic (exact) mass is 762 g/mol. The molecule has 1 saturated heterocycles. The average molecular weight is 764 g/mol. The van der Waals surface area contributed by atoms with E-state index in [4.69, 9.17) is 42.4 Å². The number of rotatable bonds is 10. The van der Waals surface area contributed by atoms with Crippen LogP contribution in [0, 0.1) is 0 Å². The summed E-state index contributed by atoms with van der Waals surface area (Å²) in [6.07, 6.45) is 4.16. The van der Waals surface area contributed by atoms with Crippen LogP contribution in [0.4, 0.5) is 10.5 Å². The fourth-order valence-electron chi connectivity index (χ4n) is 5.92. The fourth-order valence-corrected chi connectivity index (χ4v) is 6.49. The molecule has 0 bridgehead atoms. The zero-order chi connectivity index (χ0) is 38.4. The maximum Gasteiger partial charge on any atom is 0.410 e. The second-order valence-corrected chi connectivity index (χ2v) is 14.0. The lowest BCUT2D eigenvalue weighted by molar-refractivity contribution is -0.130. The SMILES string of the molecule is COc1cc(C(=O)Nc2cccc(-c3nccc(-c4ccc(CN(C(=O)OC(C)(C)C)C5CCN(C(C)=O)CC5)c(OC)n4)c3Cl)c2Cl)ncc1C=O. The number of nitrogens with zero attached hydrogens (tertiary/aromatic N) is 5. The van der Waals surface area contributed by atoms with E-state index in [0.717, 1.165) is 0 Å². The van der Waals surface area contributed by atoms with Gasteiger partial charge in [0, 0.05) is 61.2 Å². The Morgan fingerprint density at radius 3 is 2.38 bits per heavy atom. The van der Waals surface area contributed by atoms with Crippen LogP contribution in [0.25, 0.3) is 22.5 Å². The van der Waals surface area contributed by atoms with Gasteiger partial charge in [-0.25, -0.2) is 9.78 Å². The Hall–Kier alpha value is -5.27. The van der Waals surface area contributed by atoms with E-state index in [1.165, 1.54) is 26.5 Å². The third kappa shape index (κ3) is 9.03. The van der Waals surface area contributed by atoms with Crippen LogP contribution in [0.5, 0.6) is 11.6 Å². The first-order valence-corrected chi connectivity index (χ1v) is 17.5. The molecule has 1 aliphatic heterocycles. The lowest BCUT2D eigenvalue weighted by Crippen LogP contribution is -2.49. The van der Waals surface area contributed by atoms with Crippen LogP contribution in [0.2, 0.25) is 10.0 Å². The lowest BCUT2D eigenvalue weighted by atomic mass is 10.0. The highest BCUT2D eigenvalue weighted by atomic mass is 35.5. The predicted molar refractivity (Wildman–Crippen MR) is 201 cm³/mol. The molecule has 5 rings (SSSR count). The third-order valence-corrected chi connectivity index (χ3v) is 9.38. The molecule has 0 atom stereocenters. The molecule has 3 amide bonds. The molecular formula is C38H40Cl2N6O7. The Kier molecular flexibility index (Phi) is 12.2. The molecule has 53 heavy (non-hydrogen) atoms. The van der Waals surface area contributed by atoms with Crippen LogP contribution in [0.1, 0.15) is 66.9 Å². The number of hydrogen-bond donors (Lipinski definition) is 1. The number of carbonyl (C=O) groups is 4. The topological polar surface area (TPSA) is 153 Å². The maximum absolute atomic E-state index is 13.5. The van der Waals surface area contributed by atoms with Gasteiger partial charge < -0.3 is 29.3 Å². The molecule has 0 radical (unpaired) electrons. The van der Waals surface area contributed by atoms with Gasteiger partial charge in [-0.05, 0) is 57.9 Å². The van der Waals surface area contributed by atoms with E-state index in [1.54, 1.807) is 53.3 Å². The van der Waals surface area contributed by atoms with Crippen molar-refractivity contribution in [3.63, 3.8) is 0 Å². The van der Waals surface area contributed by atoms with Crippen LogP contribution in [-0.4, -0.2) is 87.9 Å². The van der Waals surface area contributed by atoms with Gasteiger partial charge in [0.2, 0.25) is 11.8 Å². The molecule has 1 fully saturated rings. The van der Waals surface area contributed by atoms with Crippen LogP contribution in [0.15, 0.2) is 54.9 Å². The van der Waals surface area contributed by atoms with Crippen molar-refractivity contribution in [1.82, 2.24) is 24.8 Å². The molecule has 1 N–H and O–H groups in total. The quantitative estimate of drug-likeness (QED) is 0.162. The first kappa shape index (κ1) is 38.9. The lowest BCUT2D eigenvalue weighted by Gasteiger charge is -2.39. The smallest absolute Gasteiger partial charge is 0.410 e. The average Bonchev–Trinajstić information content (AvgIpc) is 3.14. The Labute approximate surface area is 317 Å². The minimum absolute atomic E-state index is 0.00576. The van der Waals surface area contributed by atoms with Crippen LogP contribution < -0.4 is 14.8 Å². The molecular weight excluding hydrogens is 723 g/mol. The Morgan fingerprint density at radius 1 is 1.00 bits per heavy atom. The molecule has 278 valence electrons. The number of ether oxygens (including phenoxy) is 3. The minimum Gasteiger partial charge on any atom is -0.496 e. The van der Waals surface area contributed by atoms with E-state index in [1.807, 2.05) is 26.8 Å². The first-order chi connectivity index (χ1) is 25.2. The van der Waals surface area contributed by atoms with Crippen molar-refractivity contribution in [3.05, 3.63) is 81.7 Å². The summed E-state index contributed by atoms with van der Waals surface area (Å²) < 4.78 is 16.7. The summed E-state index contributed by atoms with van der Waals surface area (Å²) in [4.78, 5) is 66.6. The fraction of sp³-hybridized carbons (Fsp3) is 0.342. The summed E-state index contributed by atoms with van der Waals surface area (Å²) in [5.41, 5.74) is 2.27. The van der Waals surface area contributed by atoms with Crippen molar-refractivity contribution in [3.8, 4) is 34.1 Å². The number of piperidine rings is 1. The number of anilines is 1. The van der Waals surface area contributed by atoms with E-state index in [9.17, 15) is 19.2 Å². The predicted octanol–water partition coefficient (Wildman–Crippen LogP) is 7.34. The number of hydrogen-bond acceptors (Lipinski definition) is 10. The molecule has 13 nitrogen and oxygen atoms in total. The maximum atomic E-state index is 13.5. The normalized spacial score (nSPS) is 13.2. The van der Waals surface area contributed by atoms with Crippen molar-refractivity contribution in [2.75, 3.05) is 32.6 Å². The Balaban J connectivity index is 1.42. The highest BCUT2D eigenvalue weighted by molar-refractivity contribution is 6.39. The van der Waals surface area contributed by atoms with Crippen molar-refractivity contribution in [2.24, 2.45) is 0 Å². The van der Waals surface area contributed by atoms with Crippen molar-refractivity contribution in [1.29, 1.82) is 0 Å². The van der Waals surface area contributed by atoms with Gasteiger partial charge >= 0.3 is 6.09 Å². The van der Waals surface area contributed by atoms with Gasteiger partial charge in [-0.1, -0.05) is 35.3 Å². The van der Waals surface area contributed by atoms with Crippen molar-refractivity contribution in [2.45, 2.75) is 58.7 Å². The molecule has 4 aromatic rings. The number of pyridine rings is 3. The van der Waals surface area contributed by atoms with E-state index in [0.29, 0.717) is 66.2 Å². The molecule has 0 spiro atoms. The van der Waals surface area contributed by atoms with Gasteiger partial charge in [0.15, 0.2) is 6.29 Å². The molecule has 0 aliphatic carbocycles. The van der Waals surface area contributed by atoms with Gasteiger partial charge in [0.1, 0.15) is 17.0 Å². The zero-order valence-electron chi connectivity index (χ0n) is 30.2. The van der Waals surface area contributed by atoms with E-state index < -0.39 is 17.6 Å². The minimum atomic E-state index is -0.707. The van der Waals surface area contributed by atoms with E-state index >= 15 is 0 Å². The summed E-state index contributed by atoms with van der Waals surface area (Å²) in [6, 6.07) is 11.6. The molecule has 3 aromatic heterocycles. The summed E-state index contributed by atoms with van der Waals surface area (Å²) in [6.45, 7) is 8.24. The van der Waals surface area contributed by atoms with Gasteiger partial charge in [0.25, 0.3) is 5.91 Å². The Bertz CT molecular complexity index is 2030. The number of methoxy groups -OCH3 is 2. The Morgan fingerprint density at radius 2 is 1.74 bits per heavy atom.